The minimum Gasteiger partial charge on any atom is -0.272 e. The molecule has 24 heavy (non-hydrogen) atoms. The Morgan fingerprint density at radius 2 is 1.79 bits per heavy atom. The van der Waals surface area contributed by atoms with Gasteiger partial charge < -0.3 is 0 Å². The molecule has 0 radical (unpaired) electrons. The average Bonchev–Trinajstić information content (AvgIpc) is 3.07. The first kappa shape index (κ1) is 16.2. The van der Waals surface area contributed by atoms with Crippen molar-refractivity contribution in [2.24, 2.45) is 5.10 Å². The standard InChI is InChI=1S/C17H12Cl2N4O/c18-13-7-3-1-5-11(13)10-20-23-17(24)16-9-15(21-22-16)12-6-2-4-8-14(12)19/h1-10H,(H,21,22)(H,23,24). The maximum absolute atomic E-state index is 12.1. The number of aromatic amines is 1. The summed E-state index contributed by atoms with van der Waals surface area (Å²) in [6, 6.07) is 16.1. The van der Waals surface area contributed by atoms with Crippen LogP contribution in [0.15, 0.2) is 59.7 Å². The highest BCUT2D eigenvalue weighted by Crippen LogP contribution is 2.26. The number of carbonyl (C=O) groups is 1. The number of benzene rings is 2. The lowest BCUT2D eigenvalue weighted by molar-refractivity contribution is 0.0950. The highest BCUT2D eigenvalue weighted by atomic mass is 35.5. The third-order valence-electron chi connectivity index (χ3n) is 3.25. The molecule has 1 heterocycles. The summed E-state index contributed by atoms with van der Waals surface area (Å²) in [4.78, 5) is 12.1. The van der Waals surface area contributed by atoms with Gasteiger partial charge in [-0.25, -0.2) is 5.43 Å². The number of nitrogens with one attached hydrogen (secondary N) is 2. The zero-order chi connectivity index (χ0) is 16.9. The van der Waals surface area contributed by atoms with E-state index < -0.39 is 5.91 Å². The van der Waals surface area contributed by atoms with Crippen LogP contribution >= 0.6 is 23.2 Å². The maximum atomic E-state index is 12.1. The molecule has 7 heteroatoms. The third-order valence-corrected chi connectivity index (χ3v) is 3.92. The Morgan fingerprint density at radius 1 is 1.08 bits per heavy atom. The molecule has 2 N–H and O–H groups in total. The summed E-state index contributed by atoms with van der Waals surface area (Å²) in [6.45, 7) is 0. The topological polar surface area (TPSA) is 70.1 Å². The number of hydrogen-bond acceptors (Lipinski definition) is 3. The summed E-state index contributed by atoms with van der Waals surface area (Å²) in [5.41, 5.74) is 4.74. The third kappa shape index (κ3) is 3.64. The van der Waals surface area contributed by atoms with Crippen LogP contribution < -0.4 is 5.43 Å². The first-order valence-electron chi connectivity index (χ1n) is 7.03. The lowest BCUT2D eigenvalue weighted by atomic mass is 10.1. The van der Waals surface area contributed by atoms with Crippen molar-refractivity contribution in [3.05, 3.63) is 75.9 Å². The van der Waals surface area contributed by atoms with Gasteiger partial charge in [0.2, 0.25) is 0 Å². The molecule has 3 aromatic rings. The Kier molecular flexibility index (Phi) is 4.93. The smallest absolute Gasteiger partial charge is 0.272 e. The molecule has 2 aromatic carbocycles. The normalized spacial score (nSPS) is 10.9. The summed E-state index contributed by atoms with van der Waals surface area (Å²) in [7, 11) is 0. The van der Waals surface area contributed by atoms with E-state index in [2.05, 4.69) is 20.7 Å². The predicted octanol–water partition coefficient (Wildman–Crippen LogP) is 4.15. The zero-order valence-corrected chi connectivity index (χ0v) is 13.8. The number of hydrogen-bond donors (Lipinski definition) is 2. The van der Waals surface area contributed by atoms with Gasteiger partial charge in [0.25, 0.3) is 5.91 Å². The van der Waals surface area contributed by atoms with Crippen molar-refractivity contribution in [2.75, 3.05) is 0 Å². The Bertz CT molecular complexity index is 905. The molecular weight excluding hydrogens is 347 g/mol. The van der Waals surface area contributed by atoms with Gasteiger partial charge in [-0.3, -0.25) is 9.89 Å². The van der Waals surface area contributed by atoms with Crippen molar-refractivity contribution in [1.82, 2.24) is 15.6 Å². The second-order valence-electron chi connectivity index (χ2n) is 4.87. The van der Waals surface area contributed by atoms with Gasteiger partial charge in [0.05, 0.1) is 16.9 Å². The molecule has 0 spiro atoms. The van der Waals surface area contributed by atoms with Gasteiger partial charge in [0, 0.05) is 16.1 Å². The molecule has 0 aliphatic carbocycles. The second kappa shape index (κ2) is 7.29. The fourth-order valence-electron chi connectivity index (χ4n) is 2.05. The number of amides is 1. The van der Waals surface area contributed by atoms with Crippen molar-refractivity contribution >= 4 is 35.3 Å². The lowest BCUT2D eigenvalue weighted by Crippen LogP contribution is -2.18. The lowest BCUT2D eigenvalue weighted by Gasteiger charge is -1.98. The van der Waals surface area contributed by atoms with Gasteiger partial charge in [-0.15, -0.1) is 0 Å². The molecule has 0 atom stereocenters. The quantitative estimate of drug-likeness (QED) is 0.543. The molecule has 0 aliphatic rings. The minimum absolute atomic E-state index is 0.279. The van der Waals surface area contributed by atoms with Gasteiger partial charge in [-0.2, -0.15) is 10.2 Å². The molecule has 0 unspecified atom stereocenters. The van der Waals surface area contributed by atoms with Crippen LogP contribution in [-0.4, -0.2) is 22.3 Å². The Hall–Kier alpha value is -2.63. The van der Waals surface area contributed by atoms with Crippen molar-refractivity contribution in [2.45, 2.75) is 0 Å². The molecule has 0 saturated heterocycles. The minimum atomic E-state index is -0.413. The summed E-state index contributed by atoms with van der Waals surface area (Å²) in [5.74, 6) is -0.413. The molecule has 1 aromatic heterocycles. The van der Waals surface area contributed by atoms with E-state index >= 15 is 0 Å². The summed E-state index contributed by atoms with van der Waals surface area (Å²) in [5, 5.41) is 11.8. The van der Waals surface area contributed by atoms with Crippen LogP contribution in [-0.2, 0) is 0 Å². The highest BCUT2D eigenvalue weighted by molar-refractivity contribution is 6.33. The largest absolute Gasteiger partial charge is 0.289 e. The van der Waals surface area contributed by atoms with Crippen LogP contribution in [0.2, 0.25) is 10.0 Å². The van der Waals surface area contributed by atoms with Crippen molar-refractivity contribution in [3.8, 4) is 11.3 Å². The fourth-order valence-corrected chi connectivity index (χ4v) is 2.46. The number of rotatable bonds is 4. The number of H-pyrrole nitrogens is 1. The molecule has 0 fully saturated rings. The SMILES string of the molecule is O=C(NN=Cc1ccccc1Cl)c1cc(-c2ccccc2Cl)n[nH]1. The molecule has 120 valence electrons. The van der Waals surface area contributed by atoms with Crippen LogP contribution in [0.1, 0.15) is 16.1 Å². The summed E-state index contributed by atoms with van der Waals surface area (Å²) in [6.07, 6.45) is 1.48. The summed E-state index contributed by atoms with van der Waals surface area (Å²) < 4.78 is 0. The number of hydrazone groups is 1. The van der Waals surface area contributed by atoms with Gasteiger partial charge in [-0.05, 0) is 18.2 Å². The van der Waals surface area contributed by atoms with Crippen LogP contribution in [0.3, 0.4) is 0 Å². The van der Waals surface area contributed by atoms with E-state index in [0.717, 1.165) is 5.56 Å². The monoisotopic (exact) mass is 358 g/mol. The van der Waals surface area contributed by atoms with E-state index in [9.17, 15) is 4.79 Å². The first-order chi connectivity index (χ1) is 11.6. The maximum Gasteiger partial charge on any atom is 0.289 e. The first-order valence-corrected chi connectivity index (χ1v) is 7.79. The van der Waals surface area contributed by atoms with Crippen molar-refractivity contribution in [3.63, 3.8) is 0 Å². The van der Waals surface area contributed by atoms with E-state index in [4.69, 9.17) is 23.2 Å². The molecule has 5 nitrogen and oxygen atoms in total. The zero-order valence-electron chi connectivity index (χ0n) is 12.3. The van der Waals surface area contributed by atoms with Gasteiger partial charge in [-0.1, -0.05) is 59.6 Å². The number of halogens is 2. The Morgan fingerprint density at radius 3 is 2.54 bits per heavy atom. The van der Waals surface area contributed by atoms with E-state index in [-0.39, 0.29) is 5.69 Å². The second-order valence-corrected chi connectivity index (χ2v) is 5.68. The van der Waals surface area contributed by atoms with Gasteiger partial charge >= 0.3 is 0 Å². The van der Waals surface area contributed by atoms with E-state index in [1.54, 1.807) is 24.3 Å². The molecular formula is C17H12Cl2N4O. The van der Waals surface area contributed by atoms with Crippen LogP contribution in [0, 0.1) is 0 Å². The molecule has 0 aliphatic heterocycles. The predicted molar refractivity (Wildman–Crippen MR) is 95.5 cm³/mol. The van der Waals surface area contributed by atoms with Crippen molar-refractivity contribution < 1.29 is 4.79 Å². The Balaban J connectivity index is 1.71. The average molecular weight is 359 g/mol. The van der Waals surface area contributed by atoms with Crippen LogP contribution in [0.25, 0.3) is 11.3 Å². The number of carbonyl (C=O) groups excluding carboxylic acids is 1. The van der Waals surface area contributed by atoms with Gasteiger partial charge in [0.15, 0.2) is 0 Å². The van der Waals surface area contributed by atoms with Crippen molar-refractivity contribution in [1.29, 1.82) is 0 Å². The molecule has 3 rings (SSSR count). The van der Waals surface area contributed by atoms with Crippen LogP contribution in [0.5, 0.6) is 0 Å². The molecule has 0 bridgehead atoms. The van der Waals surface area contributed by atoms with E-state index in [1.807, 2.05) is 30.3 Å². The molecule has 0 saturated carbocycles. The van der Waals surface area contributed by atoms with E-state index in [1.165, 1.54) is 6.21 Å². The molecule has 1 amide bonds. The van der Waals surface area contributed by atoms with Crippen LogP contribution in [0.4, 0.5) is 0 Å². The Labute approximate surface area is 148 Å². The fraction of sp³-hybridized carbons (Fsp3) is 0. The van der Waals surface area contributed by atoms with Gasteiger partial charge in [0.1, 0.15) is 5.69 Å². The summed E-state index contributed by atoms with van der Waals surface area (Å²) >= 11 is 12.1. The highest BCUT2D eigenvalue weighted by Gasteiger charge is 2.12. The number of nitrogens with zero attached hydrogens (tertiary/aromatic N) is 2. The van der Waals surface area contributed by atoms with E-state index in [0.29, 0.717) is 21.3 Å². The number of aromatic nitrogens is 2.